The van der Waals surface area contributed by atoms with Crippen LogP contribution in [0.3, 0.4) is 0 Å². The number of rotatable bonds is 9. The Kier molecular flexibility index (Phi) is 7.28. The lowest BCUT2D eigenvalue weighted by molar-refractivity contribution is 0.488. The van der Waals surface area contributed by atoms with E-state index in [0.717, 1.165) is 28.6 Å². The maximum Gasteiger partial charge on any atom is 0.0946 e. The fourth-order valence-corrected chi connectivity index (χ4v) is 3.58. The first-order chi connectivity index (χ1) is 10.7. The van der Waals surface area contributed by atoms with Gasteiger partial charge in [-0.3, -0.25) is 0 Å². The highest BCUT2D eigenvalue weighted by atomic mass is 35.5. The Labute approximate surface area is 143 Å². The molecule has 0 amide bonds. The van der Waals surface area contributed by atoms with Crippen molar-refractivity contribution in [2.24, 2.45) is 0 Å². The van der Waals surface area contributed by atoms with Crippen molar-refractivity contribution in [3.8, 4) is 0 Å². The van der Waals surface area contributed by atoms with Crippen molar-refractivity contribution in [2.75, 3.05) is 0 Å². The van der Waals surface area contributed by atoms with Gasteiger partial charge in [-0.25, -0.2) is 4.98 Å². The van der Waals surface area contributed by atoms with Gasteiger partial charge in [-0.05, 0) is 24.1 Å². The number of halogens is 2. The molecule has 0 fully saturated rings. The molecule has 2 rings (SSSR count). The van der Waals surface area contributed by atoms with Crippen LogP contribution in [0.15, 0.2) is 36.9 Å². The predicted octanol–water partition coefficient (Wildman–Crippen LogP) is 6.33. The summed E-state index contributed by atoms with van der Waals surface area (Å²) in [4.78, 5) is 4.13. The van der Waals surface area contributed by atoms with Crippen LogP contribution >= 0.6 is 23.2 Å². The minimum Gasteiger partial charge on any atom is -0.337 e. The van der Waals surface area contributed by atoms with Crippen LogP contribution in [-0.2, 0) is 6.54 Å². The highest BCUT2D eigenvalue weighted by Gasteiger charge is 2.18. The summed E-state index contributed by atoms with van der Waals surface area (Å²) in [6, 6.07) is 5.77. The molecule has 0 aliphatic heterocycles. The first-order valence-corrected chi connectivity index (χ1v) is 8.87. The molecule has 4 heteroatoms. The maximum absolute atomic E-state index is 6.42. The molecular weight excluding hydrogens is 315 g/mol. The van der Waals surface area contributed by atoms with Gasteiger partial charge in [0.15, 0.2) is 0 Å². The Balaban J connectivity index is 2.07. The number of benzene rings is 1. The van der Waals surface area contributed by atoms with Crippen LogP contribution in [-0.4, -0.2) is 9.55 Å². The lowest BCUT2D eigenvalue weighted by Gasteiger charge is -2.20. The first kappa shape index (κ1) is 17.4. The molecule has 0 aliphatic rings. The lowest BCUT2D eigenvalue weighted by Crippen LogP contribution is -2.09. The number of hydrogen-bond donors (Lipinski definition) is 0. The maximum atomic E-state index is 6.42. The van der Waals surface area contributed by atoms with Crippen molar-refractivity contribution in [3.63, 3.8) is 0 Å². The highest BCUT2D eigenvalue weighted by molar-refractivity contribution is 6.36. The van der Waals surface area contributed by atoms with Crippen LogP contribution in [0.5, 0.6) is 0 Å². The molecule has 0 bridgehead atoms. The molecule has 2 nitrogen and oxygen atoms in total. The molecular formula is C18H24Cl2N2. The summed E-state index contributed by atoms with van der Waals surface area (Å²) < 4.78 is 2.11. The smallest absolute Gasteiger partial charge is 0.0946 e. The van der Waals surface area contributed by atoms with Crippen molar-refractivity contribution >= 4 is 23.2 Å². The predicted molar refractivity (Wildman–Crippen MR) is 94.8 cm³/mol. The quantitative estimate of drug-likeness (QED) is 0.488. The van der Waals surface area contributed by atoms with Gasteiger partial charge in [0, 0.05) is 34.9 Å². The summed E-state index contributed by atoms with van der Waals surface area (Å²) in [6.45, 7) is 3.11. The number of hydrogen-bond acceptors (Lipinski definition) is 1. The van der Waals surface area contributed by atoms with Crippen molar-refractivity contribution in [2.45, 2.75) is 57.9 Å². The number of aromatic nitrogens is 2. The largest absolute Gasteiger partial charge is 0.337 e. The second kappa shape index (κ2) is 9.22. The average molecular weight is 339 g/mol. The molecule has 0 saturated carbocycles. The van der Waals surface area contributed by atoms with Gasteiger partial charge in [0.1, 0.15) is 0 Å². The molecule has 0 spiro atoms. The van der Waals surface area contributed by atoms with Gasteiger partial charge in [0.25, 0.3) is 0 Å². The van der Waals surface area contributed by atoms with Gasteiger partial charge < -0.3 is 4.57 Å². The second-order valence-electron chi connectivity index (χ2n) is 5.79. The summed E-state index contributed by atoms with van der Waals surface area (Å²) in [5.74, 6) is 0.331. The third-order valence-corrected chi connectivity index (χ3v) is 4.71. The van der Waals surface area contributed by atoms with Crippen molar-refractivity contribution in [3.05, 3.63) is 52.5 Å². The van der Waals surface area contributed by atoms with E-state index in [1.165, 1.54) is 32.1 Å². The van der Waals surface area contributed by atoms with Gasteiger partial charge in [0.05, 0.1) is 6.33 Å². The van der Waals surface area contributed by atoms with E-state index in [-0.39, 0.29) is 0 Å². The molecule has 1 aromatic carbocycles. The summed E-state index contributed by atoms with van der Waals surface area (Å²) >= 11 is 12.8. The van der Waals surface area contributed by atoms with E-state index in [4.69, 9.17) is 23.2 Å². The number of unbranched alkanes of at least 4 members (excludes halogenated alkanes) is 4. The van der Waals surface area contributed by atoms with E-state index in [1.54, 1.807) is 0 Å². The fraction of sp³-hybridized carbons (Fsp3) is 0.500. The van der Waals surface area contributed by atoms with E-state index < -0.39 is 0 Å². The Bertz CT molecular complexity index is 532. The van der Waals surface area contributed by atoms with E-state index in [2.05, 4.69) is 16.5 Å². The Morgan fingerprint density at radius 3 is 2.45 bits per heavy atom. The van der Waals surface area contributed by atoms with Gasteiger partial charge >= 0.3 is 0 Å². The molecule has 120 valence electrons. The standard InChI is InChI=1S/C18H24Cl2N2/c1-2-3-4-5-6-8-15(13-22-12-11-21-14-22)18-16(19)9-7-10-17(18)20/h7,9-12,14-15H,2-6,8,13H2,1H3. The molecule has 0 aliphatic carbocycles. The van der Waals surface area contributed by atoms with Crippen LogP contribution in [0.1, 0.15) is 56.9 Å². The summed E-state index contributed by atoms with van der Waals surface area (Å²) in [6.07, 6.45) is 13.1. The molecule has 0 radical (unpaired) electrons. The number of imidazole rings is 1. The average Bonchev–Trinajstić information content (AvgIpc) is 2.99. The van der Waals surface area contributed by atoms with Crippen molar-refractivity contribution < 1.29 is 0 Å². The monoisotopic (exact) mass is 338 g/mol. The Morgan fingerprint density at radius 2 is 1.82 bits per heavy atom. The summed E-state index contributed by atoms with van der Waals surface area (Å²) in [7, 11) is 0. The highest BCUT2D eigenvalue weighted by Crippen LogP contribution is 2.35. The third kappa shape index (κ3) is 5.03. The van der Waals surface area contributed by atoms with Crippen LogP contribution in [0, 0.1) is 0 Å². The van der Waals surface area contributed by atoms with Gasteiger partial charge in [-0.1, -0.05) is 68.3 Å². The third-order valence-electron chi connectivity index (χ3n) is 4.05. The molecule has 0 N–H and O–H groups in total. The van der Waals surface area contributed by atoms with E-state index in [9.17, 15) is 0 Å². The van der Waals surface area contributed by atoms with Crippen LogP contribution in [0.2, 0.25) is 10.0 Å². The van der Waals surface area contributed by atoms with E-state index in [0.29, 0.717) is 5.92 Å². The topological polar surface area (TPSA) is 17.8 Å². The minimum absolute atomic E-state index is 0.331. The SMILES string of the molecule is CCCCCCCC(Cn1ccnc1)c1c(Cl)cccc1Cl. The van der Waals surface area contributed by atoms with Gasteiger partial charge in [-0.2, -0.15) is 0 Å². The van der Waals surface area contributed by atoms with Crippen LogP contribution in [0.25, 0.3) is 0 Å². The van der Waals surface area contributed by atoms with Crippen LogP contribution < -0.4 is 0 Å². The molecule has 1 unspecified atom stereocenters. The van der Waals surface area contributed by atoms with Crippen molar-refractivity contribution in [1.82, 2.24) is 9.55 Å². The molecule has 2 aromatic rings. The van der Waals surface area contributed by atoms with Crippen LogP contribution in [0.4, 0.5) is 0 Å². The zero-order valence-corrected chi connectivity index (χ0v) is 14.7. The van der Waals surface area contributed by atoms with E-state index in [1.807, 2.05) is 36.9 Å². The second-order valence-corrected chi connectivity index (χ2v) is 6.61. The first-order valence-electron chi connectivity index (χ1n) is 8.12. The normalized spacial score (nSPS) is 12.5. The minimum atomic E-state index is 0.331. The van der Waals surface area contributed by atoms with Gasteiger partial charge in [0.2, 0.25) is 0 Å². The van der Waals surface area contributed by atoms with Gasteiger partial charge in [-0.15, -0.1) is 0 Å². The molecule has 1 aromatic heterocycles. The Hall–Kier alpha value is -0.990. The zero-order valence-electron chi connectivity index (χ0n) is 13.1. The molecule has 1 heterocycles. The summed E-state index contributed by atoms with van der Waals surface area (Å²) in [5, 5.41) is 1.54. The summed E-state index contributed by atoms with van der Waals surface area (Å²) in [5.41, 5.74) is 1.08. The molecule has 1 atom stereocenters. The molecule has 22 heavy (non-hydrogen) atoms. The van der Waals surface area contributed by atoms with E-state index >= 15 is 0 Å². The Morgan fingerprint density at radius 1 is 1.09 bits per heavy atom. The fourth-order valence-electron chi connectivity index (χ4n) is 2.87. The zero-order chi connectivity index (χ0) is 15.8. The van der Waals surface area contributed by atoms with Crippen molar-refractivity contribution in [1.29, 1.82) is 0 Å². The number of nitrogens with zero attached hydrogens (tertiary/aromatic N) is 2. The lowest BCUT2D eigenvalue weighted by atomic mass is 9.92. The molecule has 0 saturated heterocycles.